The van der Waals surface area contributed by atoms with Crippen molar-refractivity contribution in [3.63, 3.8) is 0 Å². The first-order valence-corrected chi connectivity index (χ1v) is 12.4. The van der Waals surface area contributed by atoms with E-state index in [1.165, 1.54) is 5.56 Å². The van der Waals surface area contributed by atoms with E-state index >= 15 is 0 Å². The zero-order chi connectivity index (χ0) is 26.2. The topological polar surface area (TPSA) is 90.0 Å². The minimum absolute atomic E-state index is 0.290. The number of carbonyl (C=O) groups excluding carboxylic acids is 1. The summed E-state index contributed by atoms with van der Waals surface area (Å²) in [6.45, 7) is 4.03. The molecule has 0 unspecified atom stereocenters. The van der Waals surface area contributed by atoms with Crippen molar-refractivity contribution in [3.05, 3.63) is 118 Å². The van der Waals surface area contributed by atoms with Crippen LogP contribution in [0.1, 0.15) is 28.4 Å². The second-order valence-electron chi connectivity index (χ2n) is 9.19. The van der Waals surface area contributed by atoms with Crippen molar-refractivity contribution in [1.29, 1.82) is 0 Å². The summed E-state index contributed by atoms with van der Waals surface area (Å²) < 4.78 is 5.47. The third-order valence-electron chi connectivity index (χ3n) is 6.63. The van der Waals surface area contributed by atoms with Crippen LogP contribution in [0.5, 0.6) is 0 Å². The highest BCUT2D eigenvalue weighted by Gasteiger charge is 2.14. The Morgan fingerprint density at radius 3 is 2.45 bits per heavy atom. The Kier molecular flexibility index (Phi) is 5.81. The lowest BCUT2D eigenvalue weighted by Gasteiger charge is -2.09. The van der Waals surface area contributed by atoms with Gasteiger partial charge in [0.05, 0.1) is 11.3 Å². The van der Waals surface area contributed by atoms with Gasteiger partial charge in [-0.15, -0.1) is 10.2 Å². The number of hydrogen-bond donors (Lipinski definition) is 1. The average Bonchev–Trinajstić information content (AvgIpc) is 3.35. The Balaban J connectivity index is 1.29. The molecule has 0 spiro atoms. The van der Waals surface area contributed by atoms with Crippen LogP contribution in [0.25, 0.3) is 38.8 Å². The highest BCUT2D eigenvalue weighted by atomic mass is 16.4. The molecule has 2 aromatic heterocycles. The van der Waals surface area contributed by atoms with Crippen molar-refractivity contribution >= 4 is 33.6 Å². The summed E-state index contributed by atoms with van der Waals surface area (Å²) in [6.07, 6.45) is 0.968. The van der Waals surface area contributed by atoms with Crippen molar-refractivity contribution < 1.29 is 9.21 Å². The van der Waals surface area contributed by atoms with E-state index in [9.17, 15) is 9.59 Å². The molecule has 2 heterocycles. The van der Waals surface area contributed by atoms with Gasteiger partial charge in [0.25, 0.3) is 5.91 Å². The molecule has 7 heteroatoms. The van der Waals surface area contributed by atoms with Gasteiger partial charge < -0.3 is 9.73 Å². The molecule has 38 heavy (non-hydrogen) atoms. The first-order chi connectivity index (χ1) is 18.5. The molecule has 0 aliphatic rings. The second kappa shape index (κ2) is 9.44. The summed E-state index contributed by atoms with van der Waals surface area (Å²) >= 11 is 0. The van der Waals surface area contributed by atoms with Crippen LogP contribution in [0.15, 0.2) is 100 Å². The quantitative estimate of drug-likeness (QED) is 0.280. The molecule has 0 radical (unpaired) electrons. The van der Waals surface area contributed by atoms with Gasteiger partial charge in [-0.1, -0.05) is 49.4 Å². The highest BCUT2D eigenvalue weighted by Crippen LogP contribution is 2.25. The number of rotatable bonds is 5. The van der Waals surface area contributed by atoms with E-state index in [1.807, 2.05) is 49.4 Å². The van der Waals surface area contributed by atoms with Crippen LogP contribution in [-0.2, 0) is 6.42 Å². The standard InChI is InChI=1S/C31H24N4O3/c1-3-20-11-13-24(14-12-20)35-33-27-15-19(2)26(18-28(27)34-35)32-30(36)23-9-6-8-21(16-23)25-17-22-7-4-5-10-29(22)38-31(25)37/h4-18H,3H2,1-2H3,(H,32,36). The van der Waals surface area contributed by atoms with E-state index in [-0.39, 0.29) is 5.91 Å². The van der Waals surface area contributed by atoms with Gasteiger partial charge in [0.2, 0.25) is 0 Å². The molecule has 4 aromatic carbocycles. The van der Waals surface area contributed by atoms with Gasteiger partial charge in [-0.3, -0.25) is 4.79 Å². The summed E-state index contributed by atoms with van der Waals surface area (Å²) in [6, 6.07) is 27.9. The molecule has 1 N–H and O–H groups in total. The van der Waals surface area contributed by atoms with E-state index < -0.39 is 5.63 Å². The summed E-state index contributed by atoms with van der Waals surface area (Å²) in [5.41, 5.74) is 6.56. The lowest BCUT2D eigenvalue weighted by molar-refractivity contribution is 0.102. The number of nitrogens with one attached hydrogen (secondary N) is 1. The Hall–Kier alpha value is -5.04. The monoisotopic (exact) mass is 500 g/mol. The number of para-hydroxylation sites is 1. The van der Waals surface area contributed by atoms with Gasteiger partial charge >= 0.3 is 5.63 Å². The number of amides is 1. The molecule has 0 aliphatic heterocycles. The lowest BCUT2D eigenvalue weighted by atomic mass is 10.0. The minimum atomic E-state index is -0.449. The fraction of sp³-hybridized carbons (Fsp3) is 0.0968. The summed E-state index contributed by atoms with van der Waals surface area (Å²) in [5.74, 6) is -0.290. The van der Waals surface area contributed by atoms with Gasteiger partial charge in [-0.2, -0.15) is 4.80 Å². The van der Waals surface area contributed by atoms with Crippen molar-refractivity contribution in [2.24, 2.45) is 0 Å². The van der Waals surface area contributed by atoms with Crippen LogP contribution in [0, 0.1) is 6.92 Å². The number of carbonyl (C=O) groups is 1. The summed E-state index contributed by atoms with van der Waals surface area (Å²) in [5, 5.41) is 13.0. The highest BCUT2D eigenvalue weighted by molar-refractivity contribution is 6.06. The number of nitrogens with zero attached hydrogens (tertiary/aromatic N) is 3. The van der Waals surface area contributed by atoms with Crippen molar-refractivity contribution in [2.75, 3.05) is 5.32 Å². The minimum Gasteiger partial charge on any atom is -0.422 e. The molecule has 0 aliphatic carbocycles. The van der Waals surface area contributed by atoms with Crippen molar-refractivity contribution in [2.45, 2.75) is 20.3 Å². The average molecular weight is 501 g/mol. The molecule has 0 bridgehead atoms. The molecule has 0 saturated heterocycles. The predicted octanol–water partition coefficient (Wildman–Crippen LogP) is 6.32. The number of anilines is 1. The largest absolute Gasteiger partial charge is 0.422 e. The predicted molar refractivity (Wildman–Crippen MR) is 149 cm³/mol. The van der Waals surface area contributed by atoms with E-state index in [1.54, 1.807) is 41.2 Å². The van der Waals surface area contributed by atoms with Crippen LogP contribution < -0.4 is 10.9 Å². The number of aryl methyl sites for hydroxylation is 2. The van der Waals surface area contributed by atoms with Gasteiger partial charge in [0.15, 0.2) is 0 Å². The van der Waals surface area contributed by atoms with Crippen molar-refractivity contribution in [1.82, 2.24) is 15.0 Å². The second-order valence-corrected chi connectivity index (χ2v) is 9.19. The molecule has 0 saturated carbocycles. The van der Waals surface area contributed by atoms with Crippen LogP contribution in [0.4, 0.5) is 5.69 Å². The van der Waals surface area contributed by atoms with Crippen LogP contribution >= 0.6 is 0 Å². The van der Waals surface area contributed by atoms with Gasteiger partial charge in [0, 0.05) is 16.6 Å². The number of hydrogen-bond acceptors (Lipinski definition) is 5. The Morgan fingerprint density at radius 1 is 0.895 bits per heavy atom. The van der Waals surface area contributed by atoms with Crippen LogP contribution in [-0.4, -0.2) is 20.9 Å². The molecule has 0 atom stereocenters. The number of fused-ring (bicyclic) bond motifs is 2. The fourth-order valence-electron chi connectivity index (χ4n) is 4.47. The van der Waals surface area contributed by atoms with E-state index in [4.69, 9.17) is 4.42 Å². The Labute approximate surface area is 218 Å². The fourth-order valence-corrected chi connectivity index (χ4v) is 4.47. The SMILES string of the molecule is CCc1ccc(-n2nc3cc(C)c(NC(=O)c4cccc(-c5cc6ccccc6oc5=O)c4)cc3n2)cc1. The van der Waals surface area contributed by atoms with E-state index in [0.29, 0.717) is 33.5 Å². The molecular weight excluding hydrogens is 476 g/mol. The normalized spacial score (nSPS) is 11.2. The molecule has 0 fully saturated rings. The Morgan fingerprint density at radius 2 is 1.66 bits per heavy atom. The molecule has 186 valence electrons. The maximum atomic E-state index is 13.2. The Bertz CT molecular complexity index is 1880. The number of benzene rings is 4. The molecular formula is C31H24N4O3. The van der Waals surface area contributed by atoms with E-state index in [0.717, 1.165) is 28.6 Å². The maximum Gasteiger partial charge on any atom is 0.344 e. The molecule has 6 aromatic rings. The third-order valence-corrected chi connectivity index (χ3v) is 6.63. The van der Waals surface area contributed by atoms with Gasteiger partial charge in [-0.25, -0.2) is 4.79 Å². The third kappa shape index (κ3) is 4.35. The van der Waals surface area contributed by atoms with E-state index in [2.05, 4.69) is 34.6 Å². The summed E-state index contributed by atoms with van der Waals surface area (Å²) in [7, 11) is 0. The lowest BCUT2D eigenvalue weighted by Crippen LogP contribution is -2.13. The number of aromatic nitrogens is 3. The van der Waals surface area contributed by atoms with Gasteiger partial charge in [0.1, 0.15) is 16.6 Å². The summed E-state index contributed by atoms with van der Waals surface area (Å²) in [4.78, 5) is 27.5. The zero-order valence-electron chi connectivity index (χ0n) is 20.9. The smallest absolute Gasteiger partial charge is 0.344 e. The van der Waals surface area contributed by atoms with Gasteiger partial charge in [-0.05, 0) is 78.6 Å². The molecule has 7 nitrogen and oxygen atoms in total. The van der Waals surface area contributed by atoms with Crippen molar-refractivity contribution in [3.8, 4) is 16.8 Å². The van der Waals surface area contributed by atoms with Crippen LogP contribution in [0.3, 0.4) is 0 Å². The molecule has 6 rings (SSSR count). The molecule has 1 amide bonds. The van der Waals surface area contributed by atoms with Crippen LogP contribution in [0.2, 0.25) is 0 Å². The first-order valence-electron chi connectivity index (χ1n) is 12.4. The maximum absolute atomic E-state index is 13.2. The zero-order valence-corrected chi connectivity index (χ0v) is 20.9. The first kappa shape index (κ1) is 23.4.